The van der Waals surface area contributed by atoms with Crippen LogP contribution in [0.15, 0.2) is 23.1 Å². The Balaban J connectivity index is 3.39. The number of hydrogen-bond acceptors (Lipinski definition) is 4. The predicted molar refractivity (Wildman–Crippen MR) is 54.2 cm³/mol. The summed E-state index contributed by atoms with van der Waals surface area (Å²) >= 11 is 5.68. The van der Waals surface area contributed by atoms with Gasteiger partial charge in [-0.2, -0.15) is 0 Å². The van der Waals surface area contributed by atoms with Crippen molar-refractivity contribution in [3.8, 4) is 5.75 Å². The van der Waals surface area contributed by atoms with Crippen LogP contribution in [0.25, 0.3) is 0 Å². The van der Waals surface area contributed by atoms with Gasteiger partial charge >= 0.3 is 0 Å². The maximum atomic E-state index is 11.5. The molecule has 0 fully saturated rings. The second kappa shape index (κ2) is 4.16. The quantitative estimate of drug-likeness (QED) is 0.850. The first-order chi connectivity index (χ1) is 6.51. The van der Waals surface area contributed by atoms with Crippen LogP contribution in [0.3, 0.4) is 0 Å². The Kier molecular flexibility index (Phi) is 3.36. The second-order valence-corrected chi connectivity index (χ2v) is 5.02. The van der Waals surface area contributed by atoms with Crippen molar-refractivity contribution in [2.75, 3.05) is 13.0 Å². The minimum absolute atomic E-state index is 0.0231. The number of benzene rings is 1. The molecule has 0 aromatic heterocycles. The van der Waals surface area contributed by atoms with E-state index in [1.165, 1.54) is 19.2 Å². The normalized spacial score (nSPS) is 11.4. The van der Waals surface area contributed by atoms with Crippen molar-refractivity contribution in [1.82, 2.24) is 0 Å². The van der Waals surface area contributed by atoms with E-state index in [0.29, 0.717) is 5.02 Å². The van der Waals surface area contributed by atoms with Crippen LogP contribution in [-0.2, 0) is 9.84 Å². The largest absolute Gasteiger partial charge is 0.495 e. The van der Waals surface area contributed by atoms with Gasteiger partial charge in [-0.3, -0.25) is 0 Å². The van der Waals surface area contributed by atoms with Gasteiger partial charge in [-0.25, -0.2) is 8.42 Å². The van der Waals surface area contributed by atoms with Crippen LogP contribution < -0.4 is 10.5 Å². The summed E-state index contributed by atoms with van der Waals surface area (Å²) < 4.78 is 27.8. The summed E-state index contributed by atoms with van der Waals surface area (Å²) in [6, 6.07) is 4.36. The molecule has 0 saturated carbocycles. The summed E-state index contributed by atoms with van der Waals surface area (Å²) in [7, 11) is -2.11. The van der Waals surface area contributed by atoms with Gasteiger partial charge in [0.05, 0.1) is 7.11 Å². The van der Waals surface area contributed by atoms with E-state index in [1.54, 1.807) is 6.07 Å². The van der Waals surface area contributed by atoms with Crippen molar-refractivity contribution < 1.29 is 13.2 Å². The molecule has 0 bridgehead atoms. The van der Waals surface area contributed by atoms with E-state index < -0.39 is 15.7 Å². The first-order valence-electron chi connectivity index (χ1n) is 3.77. The maximum Gasteiger partial charge on any atom is 0.194 e. The van der Waals surface area contributed by atoms with E-state index in [0.717, 1.165) is 0 Å². The molecule has 0 aliphatic heterocycles. The molecule has 0 unspecified atom stereocenters. The van der Waals surface area contributed by atoms with Gasteiger partial charge < -0.3 is 10.5 Å². The summed E-state index contributed by atoms with van der Waals surface area (Å²) in [6.45, 7) is 0. The van der Waals surface area contributed by atoms with Gasteiger partial charge in [0.25, 0.3) is 0 Å². The Morgan fingerprint density at radius 1 is 1.50 bits per heavy atom. The van der Waals surface area contributed by atoms with E-state index in [1.807, 2.05) is 0 Å². The molecule has 1 aromatic rings. The molecule has 0 radical (unpaired) electrons. The highest BCUT2D eigenvalue weighted by Crippen LogP contribution is 2.27. The van der Waals surface area contributed by atoms with Crippen molar-refractivity contribution in [3.63, 3.8) is 0 Å². The molecule has 14 heavy (non-hydrogen) atoms. The SMILES string of the molecule is COc1ccc(Cl)cc1S(=O)(=O)CN. The third kappa shape index (κ3) is 2.17. The average molecular weight is 236 g/mol. The summed E-state index contributed by atoms with van der Waals surface area (Å²) in [5.41, 5.74) is 5.13. The fourth-order valence-electron chi connectivity index (χ4n) is 0.983. The predicted octanol–water partition coefficient (Wildman–Crippen LogP) is 1.04. The Morgan fingerprint density at radius 2 is 2.14 bits per heavy atom. The van der Waals surface area contributed by atoms with Gasteiger partial charge in [-0.1, -0.05) is 11.6 Å². The van der Waals surface area contributed by atoms with Crippen molar-refractivity contribution in [2.45, 2.75) is 4.90 Å². The van der Waals surface area contributed by atoms with E-state index in [9.17, 15) is 8.42 Å². The minimum atomic E-state index is -3.50. The van der Waals surface area contributed by atoms with E-state index >= 15 is 0 Å². The molecule has 4 nitrogen and oxygen atoms in total. The molecule has 0 atom stereocenters. The smallest absolute Gasteiger partial charge is 0.194 e. The zero-order chi connectivity index (χ0) is 10.8. The number of rotatable bonds is 3. The summed E-state index contributed by atoms with van der Waals surface area (Å²) in [5.74, 6) is -0.219. The van der Waals surface area contributed by atoms with E-state index in [-0.39, 0.29) is 10.6 Å². The lowest BCUT2D eigenvalue weighted by Gasteiger charge is -2.07. The van der Waals surface area contributed by atoms with E-state index in [2.05, 4.69) is 0 Å². The molecule has 0 saturated heterocycles. The van der Waals surface area contributed by atoms with Crippen LogP contribution >= 0.6 is 11.6 Å². The molecule has 0 heterocycles. The Hall–Kier alpha value is -0.780. The van der Waals surface area contributed by atoms with Crippen molar-refractivity contribution >= 4 is 21.4 Å². The summed E-state index contributed by atoms with van der Waals surface area (Å²) in [5, 5.41) is 0.331. The molecule has 1 rings (SSSR count). The van der Waals surface area contributed by atoms with Crippen LogP contribution in [0.4, 0.5) is 0 Å². The Bertz CT molecular complexity index is 430. The van der Waals surface area contributed by atoms with Gasteiger partial charge in [-0.05, 0) is 18.2 Å². The van der Waals surface area contributed by atoms with Crippen molar-refractivity contribution in [2.24, 2.45) is 5.73 Å². The lowest BCUT2D eigenvalue weighted by atomic mass is 10.3. The number of sulfone groups is 1. The van der Waals surface area contributed by atoms with E-state index in [4.69, 9.17) is 22.1 Å². The highest BCUT2D eigenvalue weighted by Gasteiger charge is 2.17. The molecule has 0 aliphatic carbocycles. The Labute approximate surface area is 87.5 Å². The third-order valence-electron chi connectivity index (χ3n) is 1.68. The number of ether oxygens (including phenoxy) is 1. The number of nitrogens with two attached hydrogens (primary N) is 1. The highest BCUT2D eigenvalue weighted by molar-refractivity contribution is 7.91. The standard InChI is InChI=1S/C8H10ClNO3S/c1-13-7-3-2-6(9)4-8(7)14(11,12)5-10/h2-4H,5,10H2,1H3. The highest BCUT2D eigenvalue weighted by atomic mass is 35.5. The first-order valence-corrected chi connectivity index (χ1v) is 5.80. The van der Waals surface area contributed by atoms with Crippen molar-refractivity contribution in [1.29, 1.82) is 0 Å². The zero-order valence-electron chi connectivity index (χ0n) is 7.53. The van der Waals surface area contributed by atoms with Crippen LogP contribution in [0.1, 0.15) is 0 Å². The summed E-state index contributed by atoms with van der Waals surface area (Å²) in [6.07, 6.45) is 0. The van der Waals surface area contributed by atoms with Crippen LogP contribution in [0.2, 0.25) is 5.02 Å². The number of halogens is 1. The molecule has 1 aromatic carbocycles. The monoisotopic (exact) mass is 235 g/mol. The fraction of sp³-hybridized carbons (Fsp3) is 0.250. The maximum absolute atomic E-state index is 11.5. The fourth-order valence-corrected chi connectivity index (χ4v) is 2.16. The molecule has 2 N–H and O–H groups in total. The Morgan fingerprint density at radius 3 is 2.64 bits per heavy atom. The molecule has 6 heteroatoms. The molecular formula is C8H10ClNO3S. The number of methoxy groups -OCH3 is 1. The molecule has 0 spiro atoms. The van der Waals surface area contributed by atoms with Gasteiger partial charge in [0.2, 0.25) is 0 Å². The molecular weight excluding hydrogens is 226 g/mol. The van der Waals surface area contributed by atoms with Gasteiger partial charge in [0, 0.05) is 5.02 Å². The topological polar surface area (TPSA) is 69.4 Å². The van der Waals surface area contributed by atoms with Crippen molar-refractivity contribution in [3.05, 3.63) is 23.2 Å². The molecule has 0 amide bonds. The van der Waals surface area contributed by atoms with Crippen LogP contribution in [0.5, 0.6) is 5.75 Å². The van der Waals surface area contributed by atoms with Gasteiger partial charge in [0.1, 0.15) is 16.5 Å². The van der Waals surface area contributed by atoms with Crippen LogP contribution in [0, 0.1) is 0 Å². The lowest BCUT2D eigenvalue weighted by Crippen LogP contribution is -2.15. The average Bonchev–Trinajstić information content (AvgIpc) is 2.18. The van der Waals surface area contributed by atoms with Gasteiger partial charge in [0.15, 0.2) is 9.84 Å². The molecule has 78 valence electrons. The second-order valence-electron chi connectivity index (χ2n) is 2.58. The third-order valence-corrected chi connectivity index (χ3v) is 3.34. The van der Waals surface area contributed by atoms with Crippen LogP contribution in [-0.4, -0.2) is 21.4 Å². The molecule has 0 aliphatic rings. The number of hydrogen-bond donors (Lipinski definition) is 1. The van der Waals surface area contributed by atoms with Gasteiger partial charge in [-0.15, -0.1) is 0 Å². The lowest BCUT2D eigenvalue weighted by molar-refractivity contribution is 0.403. The minimum Gasteiger partial charge on any atom is -0.495 e. The summed E-state index contributed by atoms with van der Waals surface area (Å²) in [4.78, 5) is 0.0231. The first kappa shape index (κ1) is 11.3. The zero-order valence-corrected chi connectivity index (χ0v) is 9.10.